The number of amides is 1. The molecule has 1 saturated carbocycles. The van der Waals surface area contributed by atoms with Crippen LogP contribution in [0.15, 0.2) is 24.3 Å². The number of benzene rings is 1. The highest BCUT2D eigenvalue weighted by Crippen LogP contribution is 2.25. The minimum absolute atomic E-state index is 0.0651. The van der Waals surface area contributed by atoms with E-state index in [2.05, 4.69) is 5.32 Å². The minimum Gasteiger partial charge on any atom is -0.396 e. The number of nitrogens with one attached hydrogen (secondary N) is 1. The molecule has 0 aromatic heterocycles. The van der Waals surface area contributed by atoms with E-state index in [1.807, 2.05) is 6.07 Å². The Morgan fingerprint density at radius 1 is 1.37 bits per heavy atom. The minimum atomic E-state index is -0.559. The zero-order chi connectivity index (χ0) is 13.8. The van der Waals surface area contributed by atoms with E-state index in [1.54, 1.807) is 24.3 Å². The van der Waals surface area contributed by atoms with Crippen LogP contribution < -0.4 is 5.32 Å². The fraction of sp³-hybridized carbons (Fsp3) is 0.429. The van der Waals surface area contributed by atoms with Crippen LogP contribution in [0.1, 0.15) is 28.8 Å². The van der Waals surface area contributed by atoms with Gasteiger partial charge in [-0.1, -0.05) is 0 Å². The van der Waals surface area contributed by atoms with Crippen molar-refractivity contribution in [1.29, 1.82) is 5.26 Å². The van der Waals surface area contributed by atoms with Crippen molar-refractivity contribution in [2.24, 2.45) is 5.92 Å². The third kappa shape index (κ3) is 3.11. The maximum atomic E-state index is 12.0. The highest BCUT2D eigenvalue weighted by molar-refractivity contribution is 5.94. The van der Waals surface area contributed by atoms with Crippen LogP contribution in [0.5, 0.6) is 0 Å². The molecule has 1 aliphatic carbocycles. The fourth-order valence-electron chi connectivity index (χ4n) is 2.38. The lowest BCUT2D eigenvalue weighted by molar-refractivity contribution is 0.0903. The largest absolute Gasteiger partial charge is 0.396 e. The van der Waals surface area contributed by atoms with E-state index in [4.69, 9.17) is 10.4 Å². The molecule has 5 heteroatoms. The molecule has 0 aliphatic heterocycles. The number of nitrogens with zero attached hydrogens (tertiary/aromatic N) is 1. The summed E-state index contributed by atoms with van der Waals surface area (Å²) < 4.78 is 0. The summed E-state index contributed by atoms with van der Waals surface area (Å²) in [5, 5.41) is 30.2. The summed E-state index contributed by atoms with van der Waals surface area (Å²) in [5.74, 6) is -0.383. The fourth-order valence-corrected chi connectivity index (χ4v) is 2.38. The lowest BCUT2D eigenvalue weighted by atomic mass is 10.1. The molecule has 19 heavy (non-hydrogen) atoms. The van der Waals surface area contributed by atoms with Crippen LogP contribution in [0.25, 0.3) is 0 Å². The summed E-state index contributed by atoms with van der Waals surface area (Å²) in [4.78, 5) is 12.0. The molecular formula is C14H16N2O3. The maximum Gasteiger partial charge on any atom is 0.251 e. The number of rotatable bonds is 3. The number of nitriles is 1. The third-order valence-corrected chi connectivity index (χ3v) is 3.50. The summed E-state index contributed by atoms with van der Waals surface area (Å²) in [5.41, 5.74) is 0.995. The van der Waals surface area contributed by atoms with E-state index in [-0.39, 0.29) is 24.5 Å². The molecule has 1 aliphatic rings. The summed E-state index contributed by atoms with van der Waals surface area (Å²) >= 11 is 0. The summed E-state index contributed by atoms with van der Waals surface area (Å²) in [6.07, 6.45) is 0.490. The van der Waals surface area contributed by atoms with Crippen LogP contribution >= 0.6 is 0 Å². The zero-order valence-corrected chi connectivity index (χ0v) is 10.4. The summed E-state index contributed by atoms with van der Waals surface area (Å²) in [7, 11) is 0. The van der Waals surface area contributed by atoms with Gasteiger partial charge in [0.25, 0.3) is 5.91 Å². The van der Waals surface area contributed by atoms with Gasteiger partial charge >= 0.3 is 0 Å². The molecule has 1 fully saturated rings. The van der Waals surface area contributed by atoms with Crippen LogP contribution in [0.3, 0.4) is 0 Å². The molecule has 1 amide bonds. The lowest BCUT2D eigenvalue weighted by Gasteiger charge is -2.12. The van der Waals surface area contributed by atoms with Gasteiger partial charge in [-0.2, -0.15) is 5.26 Å². The van der Waals surface area contributed by atoms with E-state index in [1.165, 1.54) is 0 Å². The van der Waals surface area contributed by atoms with Crippen molar-refractivity contribution >= 4 is 5.91 Å². The highest BCUT2D eigenvalue weighted by atomic mass is 16.3. The van der Waals surface area contributed by atoms with Gasteiger partial charge in [0, 0.05) is 24.1 Å². The van der Waals surface area contributed by atoms with Crippen LogP contribution in [0, 0.1) is 17.2 Å². The van der Waals surface area contributed by atoms with E-state index < -0.39 is 6.10 Å². The van der Waals surface area contributed by atoms with Crippen molar-refractivity contribution in [3.05, 3.63) is 35.4 Å². The average molecular weight is 260 g/mol. The van der Waals surface area contributed by atoms with Crippen molar-refractivity contribution in [3.63, 3.8) is 0 Å². The number of carbonyl (C=O) groups excluding carboxylic acids is 1. The Bertz CT molecular complexity index is 492. The first-order valence-electron chi connectivity index (χ1n) is 6.24. The van der Waals surface area contributed by atoms with Gasteiger partial charge in [0.15, 0.2) is 0 Å². The number of hydrogen-bond acceptors (Lipinski definition) is 4. The Hall–Kier alpha value is -1.90. The number of hydrogen-bond donors (Lipinski definition) is 3. The zero-order valence-electron chi connectivity index (χ0n) is 10.4. The monoisotopic (exact) mass is 260 g/mol. The average Bonchev–Trinajstić information content (AvgIpc) is 2.78. The van der Waals surface area contributed by atoms with Gasteiger partial charge in [-0.15, -0.1) is 0 Å². The van der Waals surface area contributed by atoms with E-state index in [9.17, 15) is 9.90 Å². The SMILES string of the molecule is N#Cc1ccc(C(=O)N[C@@H]2C[C@H](CO)[C@H](O)C2)cc1. The molecule has 100 valence electrons. The third-order valence-electron chi connectivity index (χ3n) is 3.50. The van der Waals surface area contributed by atoms with Gasteiger partial charge in [0.1, 0.15) is 0 Å². The lowest BCUT2D eigenvalue weighted by Crippen LogP contribution is -2.33. The molecule has 2 rings (SSSR count). The van der Waals surface area contributed by atoms with E-state index in [0.29, 0.717) is 24.0 Å². The standard InChI is InChI=1S/C14H16N2O3/c15-7-9-1-3-10(4-2-9)14(19)16-12-5-11(8-17)13(18)6-12/h1-4,11-13,17-18H,5-6,8H2,(H,16,19)/t11-,12-,13-/m1/s1. The molecule has 0 heterocycles. The van der Waals surface area contributed by atoms with Crippen LogP contribution in [-0.2, 0) is 0 Å². The molecule has 0 spiro atoms. The van der Waals surface area contributed by atoms with Gasteiger partial charge in [-0.3, -0.25) is 4.79 Å². The number of aliphatic hydroxyl groups excluding tert-OH is 2. The summed E-state index contributed by atoms with van der Waals surface area (Å²) in [6, 6.07) is 8.26. The van der Waals surface area contributed by atoms with Gasteiger partial charge < -0.3 is 15.5 Å². The van der Waals surface area contributed by atoms with Crippen molar-refractivity contribution in [3.8, 4) is 6.07 Å². The molecule has 0 saturated heterocycles. The molecule has 5 nitrogen and oxygen atoms in total. The molecule has 1 aromatic rings. The van der Waals surface area contributed by atoms with Crippen molar-refractivity contribution in [2.75, 3.05) is 6.61 Å². The topological polar surface area (TPSA) is 93.4 Å². The first-order valence-corrected chi connectivity index (χ1v) is 6.24. The molecule has 0 radical (unpaired) electrons. The van der Waals surface area contributed by atoms with Crippen molar-refractivity contribution in [1.82, 2.24) is 5.32 Å². The first kappa shape index (κ1) is 13.5. The molecule has 0 bridgehead atoms. The normalized spacial score (nSPS) is 25.8. The Labute approximate surface area is 111 Å². The van der Waals surface area contributed by atoms with Crippen molar-refractivity contribution < 1.29 is 15.0 Å². The predicted molar refractivity (Wildman–Crippen MR) is 68.2 cm³/mol. The van der Waals surface area contributed by atoms with Gasteiger partial charge in [-0.05, 0) is 37.1 Å². The van der Waals surface area contributed by atoms with Gasteiger partial charge in [-0.25, -0.2) is 0 Å². The Morgan fingerprint density at radius 3 is 2.58 bits per heavy atom. The molecule has 0 unspecified atom stereocenters. The number of aliphatic hydroxyl groups is 2. The second-order valence-electron chi connectivity index (χ2n) is 4.84. The van der Waals surface area contributed by atoms with E-state index in [0.717, 1.165) is 0 Å². The first-order chi connectivity index (χ1) is 9.13. The smallest absolute Gasteiger partial charge is 0.251 e. The van der Waals surface area contributed by atoms with Crippen LogP contribution in [0.2, 0.25) is 0 Å². The molecule has 1 aromatic carbocycles. The second-order valence-corrected chi connectivity index (χ2v) is 4.84. The van der Waals surface area contributed by atoms with Crippen molar-refractivity contribution in [2.45, 2.75) is 25.0 Å². The quantitative estimate of drug-likeness (QED) is 0.734. The Morgan fingerprint density at radius 2 is 2.05 bits per heavy atom. The second kappa shape index (κ2) is 5.83. The van der Waals surface area contributed by atoms with Crippen LogP contribution in [0.4, 0.5) is 0 Å². The Balaban J connectivity index is 1.96. The maximum absolute atomic E-state index is 12.0. The highest BCUT2D eigenvalue weighted by Gasteiger charge is 2.33. The molecule has 3 atom stereocenters. The molecule has 3 N–H and O–H groups in total. The number of carbonyl (C=O) groups is 1. The van der Waals surface area contributed by atoms with Gasteiger partial charge in [0.05, 0.1) is 17.7 Å². The summed E-state index contributed by atoms with van der Waals surface area (Å²) in [6.45, 7) is -0.0651. The van der Waals surface area contributed by atoms with E-state index >= 15 is 0 Å². The van der Waals surface area contributed by atoms with Crippen LogP contribution in [-0.4, -0.2) is 34.9 Å². The predicted octanol–water partition coefficient (Wildman–Crippen LogP) is 0.420. The van der Waals surface area contributed by atoms with Gasteiger partial charge in [0.2, 0.25) is 0 Å². The Kier molecular flexibility index (Phi) is 4.15. The molecular weight excluding hydrogens is 244 g/mol.